The van der Waals surface area contributed by atoms with Gasteiger partial charge in [0.15, 0.2) is 5.57 Å². The predicted molar refractivity (Wildman–Crippen MR) is 56.0 cm³/mol. The van der Waals surface area contributed by atoms with E-state index in [1.807, 2.05) is 49.7 Å². The Kier molecular flexibility index (Phi) is 2.32. The van der Waals surface area contributed by atoms with Gasteiger partial charge in [0.25, 0.3) is 0 Å². The summed E-state index contributed by atoms with van der Waals surface area (Å²) in [6.45, 7) is 0. The van der Waals surface area contributed by atoms with Crippen LogP contribution in [-0.2, 0) is 0 Å². The van der Waals surface area contributed by atoms with Gasteiger partial charge in [-0.3, -0.25) is 0 Å². The van der Waals surface area contributed by atoms with Crippen LogP contribution in [0.5, 0.6) is 0 Å². The van der Waals surface area contributed by atoms with Crippen LogP contribution in [-0.4, -0.2) is 23.3 Å². The summed E-state index contributed by atoms with van der Waals surface area (Å²) < 4.78 is 0. The van der Waals surface area contributed by atoms with E-state index in [0.717, 1.165) is 11.1 Å². The number of benzene rings is 1. The second-order valence-electron chi connectivity index (χ2n) is 3.28. The number of hydrogen-bond acceptors (Lipinski definition) is 2. The fourth-order valence-electron chi connectivity index (χ4n) is 1.36. The third-order valence-electron chi connectivity index (χ3n) is 2.23. The molecule has 0 spiro atoms. The quantitative estimate of drug-likeness (QED) is 0.674. The molecule has 0 saturated heterocycles. The largest absolute Gasteiger partial charge is 0.352 e. The summed E-state index contributed by atoms with van der Waals surface area (Å²) in [7, 11) is 1.82. The van der Waals surface area contributed by atoms with Gasteiger partial charge in [-0.2, -0.15) is 0 Å². The Bertz CT molecular complexity index is 367. The number of rotatable bonds is 1. The zero-order valence-corrected chi connectivity index (χ0v) is 8.01. The molecule has 0 aliphatic carbocycles. The summed E-state index contributed by atoms with van der Waals surface area (Å²) in [6.07, 6.45) is 6.15. The molecule has 0 fully saturated rings. The molecular formula is C12H12NO+. The standard InChI is InChI=1S/C12H12NO/c1-13-8-7-11(9-12(13)14)10-5-3-2-4-6-10/h2-8,12,14H,1H3/q+1. The Morgan fingerprint density at radius 3 is 2.64 bits per heavy atom. The third kappa shape index (κ3) is 1.67. The van der Waals surface area contributed by atoms with Gasteiger partial charge in [0, 0.05) is 19.2 Å². The SMILES string of the molecule is CN1C=CC(c2ccccc2)=[C+]C1O. The lowest BCUT2D eigenvalue weighted by molar-refractivity contribution is 0.0912. The average Bonchev–Trinajstić information content (AvgIpc) is 2.23. The van der Waals surface area contributed by atoms with E-state index in [-0.39, 0.29) is 0 Å². The molecule has 1 atom stereocenters. The van der Waals surface area contributed by atoms with Crippen molar-refractivity contribution in [3.8, 4) is 0 Å². The monoisotopic (exact) mass is 186 g/mol. The smallest absolute Gasteiger partial charge is 0.244 e. The van der Waals surface area contributed by atoms with Gasteiger partial charge in [0.1, 0.15) is 0 Å². The highest BCUT2D eigenvalue weighted by molar-refractivity contribution is 5.73. The first kappa shape index (κ1) is 8.95. The fraction of sp³-hybridized carbons (Fsp3) is 0.167. The molecule has 2 nitrogen and oxygen atoms in total. The molecule has 1 heterocycles. The van der Waals surface area contributed by atoms with Gasteiger partial charge in [-0.1, -0.05) is 6.07 Å². The van der Waals surface area contributed by atoms with Gasteiger partial charge in [-0.05, 0) is 12.1 Å². The van der Waals surface area contributed by atoms with Crippen molar-refractivity contribution in [2.24, 2.45) is 0 Å². The van der Waals surface area contributed by atoms with Crippen LogP contribution >= 0.6 is 0 Å². The zero-order chi connectivity index (χ0) is 9.97. The lowest BCUT2D eigenvalue weighted by Crippen LogP contribution is -2.27. The number of aliphatic hydroxyl groups is 1. The Labute approximate surface area is 83.8 Å². The average molecular weight is 186 g/mol. The summed E-state index contributed by atoms with van der Waals surface area (Å²) >= 11 is 0. The maximum Gasteiger partial charge on any atom is 0.244 e. The molecule has 1 N–H and O–H groups in total. The van der Waals surface area contributed by atoms with Gasteiger partial charge in [0.05, 0.1) is 23.9 Å². The maximum atomic E-state index is 9.55. The number of aliphatic hydroxyl groups excluding tert-OH is 1. The van der Waals surface area contributed by atoms with Crippen molar-refractivity contribution < 1.29 is 5.11 Å². The minimum Gasteiger partial charge on any atom is -0.352 e. The van der Waals surface area contributed by atoms with Crippen LogP contribution in [0, 0.1) is 6.08 Å². The van der Waals surface area contributed by atoms with E-state index in [2.05, 4.69) is 6.08 Å². The molecule has 1 unspecified atom stereocenters. The first-order valence-corrected chi connectivity index (χ1v) is 4.54. The first-order valence-electron chi connectivity index (χ1n) is 4.54. The highest BCUT2D eigenvalue weighted by Gasteiger charge is 2.20. The molecule has 1 aromatic rings. The van der Waals surface area contributed by atoms with Crippen LogP contribution in [0.1, 0.15) is 5.56 Å². The summed E-state index contributed by atoms with van der Waals surface area (Å²) in [5, 5.41) is 9.55. The van der Waals surface area contributed by atoms with Crippen LogP contribution in [0.15, 0.2) is 42.6 Å². The number of nitrogens with zero attached hydrogens (tertiary/aromatic N) is 1. The Morgan fingerprint density at radius 1 is 1.29 bits per heavy atom. The summed E-state index contributed by atoms with van der Waals surface area (Å²) in [5.74, 6) is 0. The second-order valence-corrected chi connectivity index (χ2v) is 3.28. The molecule has 0 bridgehead atoms. The maximum absolute atomic E-state index is 9.55. The van der Waals surface area contributed by atoms with Gasteiger partial charge in [0.2, 0.25) is 6.23 Å². The zero-order valence-electron chi connectivity index (χ0n) is 8.01. The van der Waals surface area contributed by atoms with Crippen molar-refractivity contribution in [2.75, 3.05) is 7.05 Å². The Morgan fingerprint density at radius 2 is 2.00 bits per heavy atom. The van der Waals surface area contributed by atoms with Crippen molar-refractivity contribution >= 4 is 5.57 Å². The lowest BCUT2D eigenvalue weighted by Gasteiger charge is -2.16. The normalized spacial score (nSPS) is 20.3. The van der Waals surface area contributed by atoms with E-state index in [1.54, 1.807) is 4.90 Å². The van der Waals surface area contributed by atoms with Gasteiger partial charge in [-0.15, -0.1) is 0 Å². The molecule has 2 heteroatoms. The topological polar surface area (TPSA) is 23.5 Å². The highest BCUT2D eigenvalue weighted by atomic mass is 16.3. The van der Waals surface area contributed by atoms with E-state index in [9.17, 15) is 5.11 Å². The molecule has 14 heavy (non-hydrogen) atoms. The Hall–Kier alpha value is -1.63. The van der Waals surface area contributed by atoms with Crippen LogP contribution < -0.4 is 0 Å². The third-order valence-corrected chi connectivity index (χ3v) is 2.23. The first-order chi connectivity index (χ1) is 6.77. The molecule has 1 aromatic carbocycles. The molecule has 0 aromatic heterocycles. The molecule has 0 amide bonds. The predicted octanol–water partition coefficient (Wildman–Crippen LogP) is 1.65. The van der Waals surface area contributed by atoms with Crippen molar-refractivity contribution in [1.29, 1.82) is 0 Å². The van der Waals surface area contributed by atoms with Crippen molar-refractivity contribution in [1.82, 2.24) is 4.90 Å². The van der Waals surface area contributed by atoms with E-state index >= 15 is 0 Å². The summed E-state index contributed by atoms with van der Waals surface area (Å²) in [6, 6.07) is 9.93. The highest BCUT2D eigenvalue weighted by Crippen LogP contribution is 2.19. The minimum atomic E-state index is -0.643. The van der Waals surface area contributed by atoms with E-state index in [0.29, 0.717) is 0 Å². The molecule has 2 rings (SSSR count). The molecule has 70 valence electrons. The minimum absolute atomic E-state index is 0.643. The molecule has 0 radical (unpaired) electrons. The Balaban J connectivity index is 2.30. The van der Waals surface area contributed by atoms with E-state index < -0.39 is 6.23 Å². The molecule has 1 aliphatic rings. The lowest BCUT2D eigenvalue weighted by atomic mass is 10.0. The fourth-order valence-corrected chi connectivity index (χ4v) is 1.36. The summed E-state index contributed by atoms with van der Waals surface area (Å²) in [5.41, 5.74) is 2.02. The van der Waals surface area contributed by atoms with Crippen LogP contribution in [0.2, 0.25) is 0 Å². The van der Waals surface area contributed by atoms with Gasteiger partial charge >= 0.3 is 0 Å². The van der Waals surface area contributed by atoms with Crippen molar-refractivity contribution in [3.05, 3.63) is 54.2 Å². The van der Waals surface area contributed by atoms with E-state index in [4.69, 9.17) is 0 Å². The van der Waals surface area contributed by atoms with Crippen molar-refractivity contribution in [2.45, 2.75) is 6.23 Å². The number of hydrogen-bond donors (Lipinski definition) is 1. The van der Waals surface area contributed by atoms with Crippen molar-refractivity contribution in [3.63, 3.8) is 0 Å². The molecular weight excluding hydrogens is 174 g/mol. The van der Waals surface area contributed by atoms with Crippen LogP contribution in [0.4, 0.5) is 0 Å². The number of allylic oxidation sites excluding steroid dienone is 2. The van der Waals surface area contributed by atoms with Crippen LogP contribution in [0.25, 0.3) is 5.57 Å². The molecule has 0 saturated carbocycles. The number of likely N-dealkylation sites (N-methyl/N-ethyl adjacent to an activating group) is 1. The van der Waals surface area contributed by atoms with Gasteiger partial charge < -0.3 is 10.0 Å². The van der Waals surface area contributed by atoms with E-state index in [1.165, 1.54) is 0 Å². The molecule has 1 aliphatic heterocycles. The van der Waals surface area contributed by atoms with Crippen LogP contribution in [0.3, 0.4) is 0 Å². The van der Waals surface area contributed by atoms with Gasteiger partial charge in [-0.25, -0.2) is 0 Å². The summed E-state index contributed by atoms with van der Waals surface area (Å²) in [4.78, 5) is 1.70. The second kappa shape index (κ2) is 3.62.